The summed E-state index contributed by atoms with van der Waals surface area (Å²) in [5.41, 5.74) is -0.227. The molecule has 0 bridgehead atoms. The number of anilines is 1. The van der Waals surface area contributed by atoms with Crippen LogP contribution in [-0.4, -0.2) is 60.0 Å². The highest BCUT2D eigenvalue weighted by Crippen LogP contribution is 2.29. The van der Waals surface area contributed by atoms with E-state index in [1.54, 1.807) is 30.1 Å². The lowest BCUT2D eigenvalue weighted by Gasteiger charge is -2.34. The molecule has 160 valence electrons. The molecule has 9 heteroatoms. The molecular weight excluding hydrogens is 417 g/mol. The third kappa shape index (κ3) is 6.78. The Kier molecular flexibility index (Phi) is 7.77. The van der Waals surface area contributed by atoms with Crippen LogP contribution in [0.25, 0.3) is 0 Å². The van der Waals surface area contributed by atoms with E-state index in [1.165, 1.54) is 4.90 Å². The second-order valence-electron chi connectivity index (χ2n) is 8.08. The van der Waals surface area contributed by atoms with Crippen molar-refractivity contribution in [2.75, 3.05) is 32.0 Å². The molecule has 1 heterocycles. The molecule has 0 unspecified atom stereocenters. The van der Waals surface area contributed by atoms with Crippen LogP contribution in [0.4, 0.5) is 10.5 Å². The Balaban J connectivity index is 1.85. The number of nitrogens with zero attached hydrogens (tertiary/aromatic N) is 2. The van der Waals surface area contributed by atoms with E-state index < -0.39 is 5.60 Å². The summed E-state index contributed by atoms with van der Waals surface area (Å²) in [6, 6.07) is 4.92. The molecule has 1 aliphatic rings. The van der Waals surface area contributed by atoms with Gasteiger partial charge >= 0.3 is 6.09 Å². The number of likely N-dealkylation sites (tertiary alicyclic amines) is 1. The maximum atomic E-state index is 12.7. The lowest BCUT2D eigenvalue weighted by molar-refractivity contribution is -0.138. The van der Waals surface area contributed by atoms with Crippen LogP contribution in [0, 0.1) is 5.92 Å². The van der Waals surface area contributed by atoms with Crippen molar-refractivity contribution in [1.82, 2.24) is 9.80 Å². The fourth-order valence-corrected chi connectivity index (χ4v) is 3.53. The van der Waals surface area contributed by atoms with Crippen LogP contribution in [0.15, 0.2) is 18.2 Å². The smallest absolute Gasteiger partial charge is 0.410 e. The topological polar surface area (TPSA) is 79.0 Å². The first kappa shape index (κ1) is 23.3. The lowest BCUT2D eigenvalue weighted by atomic mass is 9.95. The van der Waals surface area contributed by atoms with E-state index in [1.807, 2.05) is 20.8 Å². The van der Waals surface area contributed by atoms with Crippen LogP contribution in [0.1, 0.15) is 33.6 Å². The maximum absolute atomic E-state index is 12.7. The zero-order chi connectivity index (χ0) is 21.8. The van der Waals surface area contributed by atoms with Gasteiger partial charge in [0.05, 0.1) is 22.3 Å². The van der Waals surface area contributed by atoms with E-state index in [-0.39, 0.29) is 30.4 Å². The van der Waals surface area contributed by atoms with Crippen LogP contribution < -0.4 is 5.32 Å². The summed E-state index contributed by atoms with van der Waals surface area (Å²) < 4.78 is 5.37. The zero-order valence-corrected chi connectivity index (χ0v) is 18.6. The molecule has 1 fully saturated rings. The Morgan fingerprint density at radius 1 is 1.17 bits per heavy atom. The number of hydrogen-bond donors (Lipinski definition) is 1. The molecule has 0 saturated carbocycles. The quantitative estimate of drug-likeness (QED) is 0.761. The number of carbonyl (C=O) groups excluding carboxylic acids is 3. The van der Waals surface area contributed by atoms with E-state index in [4.69, 9.17) is 27.9 Å². The van der Waals surface area contributed by atoms with Crippen molar-refractivity contribution in [2.45, 2.75) is 39.2 Å². The maximum Gasteiger partial charge on any atom is 0.410 e. The number of hydrogen-bond acceptors (Lipinski definition) is 4. The van der Waals surface area contributed by atoms with E-state index in [9.17, 15) is 14.4 Å². The van der Waals surface area contributed by atoms with Crippen molar-refractivity contribution in [3.63, 3.8) is 0 Å². The molecule has 29 heavy (non-hydrogen) atoms. The standard InChI is InChI=1S/C20H27Cl2N3O4/c1-20(2,3)29-19(28)25-10-8-13(9-11-25)18(27)24(4)12-16(26)23-17-14(21)6-5-7-15(17)22/h5-7,13H,8-12H2,1-4H3,(H,23,26). The van der Waals surface area contributed by atoms with Gasteiger partial charge in [-0.05, 0) is 45.7 Å². The second-order valence-corrected chi connectivity index (χ2v) is 8.90. The molecule has 0 spiro atoms. The summed E-state index contributed by atoms with van der Waals surface area (Å²) in [6.07, 6.45) is 0.688. The highest BCUT2D eigenvalue weighted by Gasteiger charge is 2.31. The molecule has 1 aromatic carbocycles. The molecular formula is C20H27Cl2N3O4. The molecule has 1 saturated heterocycles. The Morgan fingerprint density at radius 3 is 2.24 bits per heavy atom. The summed E-state index contributed by atoms with van der Waals surface area (Å²) >= 11 is 12.1. The number of nitrogens with one attached hydrogen (secondary N) is 1. The number of benzene rings is 1. The fourth-order valence-electron chi connectivity index (χ4n) is 3.04. The number of likely N-dealkylation sites (N-methyl/N-ethyl adjacent to an activating group) is 1. The monoisotopic (exact) mass is 443 g/mol. The fraction of sp³-hybridized carbons (Fsp3) is 0.550. The Labute approximate surface area is 181 Å². The van der Waals surface area contributed by atoms with Gasteiger partial charge in [0, 0.05) is 26.1 Å². The molecule has 0 atom stereocenters. The van der Waals surface area contributed by atoms with Crippen molar-refractivity contribution >= 4 is 46.8 Å². The van der Waals surface area contributed by atoms with Gasteiger partial charge in [-0.1, -0.05) is 29.3 Å². The van der Waals surface area contributed by atoms with Gasteiger partial charge in [-0.15, -0.1) is 0 Å². The third-order valence-corrected chi connectivity index (χ3v) is 5.11. The molecule has 0 aromatic heterocycles. The molecule has 0 aliphatic carbocycles. The van der Waals surface area contributed by atoms with Gasteiger partial charge in [-0.25, -0.2) is 4.79 Å². The average molecular weight is 444 g/mol. The van der Waals surface area contributed by atoms with E-state index in [0.717, 1.165) is 0 Å². The van der Waals surface area contributed by atoms with Gasteiger partial charge in [0.2, 0.25) is 11.8 Å². The molecule has 1 aliphatic heterocycles. The Morgan fingerprint density at radius 2 is 1.72 bits per heavy atom. The minimum absolute atomic E-state index is 0.118. The number of amides is 3. The average Bonchev–Trinajstić information content (AvgIpc) is 2.63. The van der Waals surface area contributed by atoms with Crippen LogP contribution in [-0.2, 0) is 14.3 Å². The first-order valence-electron chi connectivity index (χ1n) is 9.44. The normalized spacial score (nSPS) is 15.0. The molecule has 2 rings (SSSR count). The van der Waals surface area contributed by atoms with Crippen LogP contribution >= 0.6 is 23.2 Å². The predicted molar refractivity (Wildman–Crippen MR) is 113 cm³/mol. The second kappa shape index (κ2) is 9.67. The number of carbonyl (C=O) groups is 3. The van der Waals surface area contributed by atoms with Crippen molar-refractivity contribution in [3.8, 4) is 0 Å². The number of ether oxygens (including phenoxy) is 1. The van der Waals surface area contributed by atoms with Gasteiger partial charge < -0.3 is 19.9 Å². The first-order chi connectivity index (χ1) is 13.5. The molecule has 1 N–H and O–H groups in total. The van der Waals surface area contributed by atoms with Gasteiger partial charge in [0.25, 0.3) is 0 Å². The Hall–Kier alpha value is -1.99. The molecule has 7 nitrogen and oxygen atoms in total. The highest BCUT2D eigenvalue weighted by atomic mass is 35.5. The predicted octanol–water partition coefficient (Wildman–Crippen LogP) is 4.04. The van der Waals surface area contributed by atoms with Crippen molar-refractivity contribution in [2.24, 2.45) is 5.92 Å². The van der Waals surface area contributed by atoms with E-state index >= 15 is 0 Å². The highest BCUT2D eigenvalue weighted by molar-refractivity contribution is 6.39. The summed E-state index contributed by atoms with van der Waals surface area (Å²) in [6.45, 7) is 6.22. The molecule has 0 radical (unpaired) electrons. The van der Waals surface area contributed by atoms with Gasteiger partial charge in [0.15, 0.2) is 0 Å². The SMILES string of the molecule is CN(CC(=O)Nc1c(Cl)cccc1Cl)C(=O)C1CCN(C(=O)OC(C)(C)C)CC1. The van der Waals surface area contributed by atoms with Crippen molar-refractivity contribution < 1.29 is 19.1 Å². The minimum atomic E-state index is -0.554. The first-order valence-corrected chi connectivity index (χ1v) is 10.2. The summed E-state index contributed by atoms with van der Waals surface area (Å²) in [7, 11) is 1.58. The summed E-state index contributed by atoms with van der Waals surface area (Å²) in [5, 5.41) is 3.30. The van der Waals surface area contributed by atoms with Gasteiger partial charge in [0.1, 0.15) is 5.60 Å². The van der Waals surface area contributed by atoms with E-state index in [0.29, 0.717) is 41.7 Å². The summed E-state index contributed by atoms with van der Waals surface area (Å²) in [4.78, 5) is 40.1. The third-order valence-electron chi connectivity index (χ3n) is 4.48. The van der Waals surface area contributed by atoms with Crippen molar-refractivity contribution in [3.05, 3.63) is 28.2 Å². The number of para-hydroxylation sites is 1. The van der Waals surface area contributed by atoms with Crippen LogP contribution in [0.5, 0.6) is 0 Å². The number of halogens is 2. The van der Waals surface area contributed by atoms with Crippen molar-refractivity contribution in [1.29, 1.82) is 0 Å². The summed E-state index contributed by atoms with van der Waals surface area (Å²) in [5.74, 6) is -0.758. The van der Waals surface area contributed by atoms with Crippen LogP contribution in [0.3, 0.4) is 0 Å². The molecule has 1 aromatic rings. The Bertz CT molecular complexity index is 751. The lowest BCUT2D eigenvalue weighted by Crippen LogP contribution is -2.46. The largest absolute Gasteiger partial charge is 0.444 e. The molecule has 3 amide bonds. The minimum Gasteiger partial charge on any atom is -0.444 e. The number of piperidine rings is 1. The number of rotatable bonds is 4. The van der Waals surface area contributed by atoms with Gasteiger partial charge in [-0.2, -0.15) is 0 Å². The van der Waals surface area contributed by atoms with Gasteiger partial charge in [-0.3, -0.25) is 9.59 Å². The van der Waals surface area contributed by atoms with Crippen LogP contribution in [0.2, 0.25) is 10.0 Å². The van der Waals surface area contributed by atoms with E-state index in [2.05, 4.69) is 5.32 Å². The zero-order valence-electron chi connectivity index (χ0n) is 17.1.